The van der Waals surface area contributed by atoms with E-state index in [1.165, 1.54) is 0 Å². The van der Waals surface area contributed by atoms with Crippen molar-refractivity contribution < 1.29 is 14.6 Å². The first-order valence-corrected chi connectivity index (χ1v) is 9.80. The number of fused-ring (bicyclic) bond motifs is 1. The molecule has 0 aliphatic carbocycles. The van der Waals surface area contributed by atoms with E-state index in [2.05, 4.69) is 39.4 Å². The van der Waals surface area contributed by atoms with E-state index in [1.807, 2.05) is 18.9 Å². The minimum atomic E-state index is -0.127. The van der Waals surface area contributed by atoms with Crippen LogP contribution in [-0.2, 0) is 9.47 Å². The number of thiol groups is 1. The van der Waals surface area contributed by atoms with E-state index in [-0.39, 0.29) is 24.1 Å². The lowest BCUT2D eigenvalue weighted by Crippen LogP contribution is -2.74. The molecule has 1 aromatic heterocycles. The van der Waals surface area contributed by atoms with Gasteiger partial charge in [0.05, 0.1) is 38.5 Å². The molecule has 1 N–H and O–H groups in total. The van der Waals surface area contributed by atoms with Gasteiger partial charge in [-0.2, -0.15) is 27.6 Å². The first kappa shape index (κ1) is 19.6. The van der Waals surface area contributed by atoms with Gasteiger partial charge in [-0.05, 0) is 13.3 Å². The quantitative estimate of drug-likeness (QED) is 0.472. The van der Waals surface area contributed by atoms with Gasteiger partial charge in [0.1, 0.15) is 5.82 Å². The minimum absolute atomic E-state index is 0.0289. The van der Waals surface area contributed by atoms with Gasteiger partial charge < -0.3 is 24.4 Å². The van der Waals surface area contributed by atoms with Crippen LogP contribution >= 0.6 is 12.6 Å². The van der Waals surface area contributed by atoms with Gasteiger partial charge in [0.2, 0.25) is 11.9 Å². The fraction of sp³-hybridized carbons (Fsp3) is 0.824. The molecule has 3 atom stereocenters. The third-order valence-electron chi connectivity index (χ3n) is 5.33. The van der Waals surface area contributed by atoms with Crippen LogP contribution in [0.3, 0.4) is 0 Å². The topological polar surface area (TPSA) is 83.8 Å². The van der Waals surface area contributed by atoms with Crippen LogP contribution in [0.5, 0.6) is 0 Å². The predicted octanol–water partition coefficient (Wildman–Crippen LogP) is 0.539. The van der Waals surface area contributed by atoms with Crippen molar-refractivity contribution in [3.63, 3.8) is 0 Å². The van der Waals surface area contributed by atoms with Crippen LogP contribution in [0.4, 0.5) is 11.9 Å². The number of aromatic nitrogens is 3. The van der Waals surface area contributed by atoms with Crippen molar-refractivity contribution in [3.8, 4) is 0 Å². The van der Waals surface area contributed by atoms with Gasteiger partial charge in [-0.15, -0.1) is 0 Å². The zero-order valence-electron chi connectivity index (χ0n) is 15.8. The summed E-state index contributed by atoms with van der Waals surface area (Å²) in [6.07, 6.45) is 1.01. The summed E-state index contributed by atoms with van der Waals surface area (Å²) in [7, 11) is 1.95. The number of likely N-dealkylation sites (N-methyl/N-ethyl adjacent to an activating group) is 1. The van der Waals surface area contributed by atoms with Crippen molar-refractivity contribution in [2.24, 2.45) is 5.41 Å². The first-order valence-electron chi connectivity index (χ1n) is 9.16. The fourth-order valence-corrected chi connectivity index (χ4v) is 4.32. The van der Waals surface area contributed by atoms with Crippen LogP contribution < -0.4 is 9.80 Å². The molecule has 2 fully saturated rings. The van der Waals surface area contributed by atoms with Crippen molar-refractivity contribution in [3.05, 3.63) is 5.82 Å². The van der Waals surface area contributed by atoms with Crippen molar-refractivity contribution in [1.29, 1.82) is 0 Å². The summed E-state index contributed by atoms with van der Waals surface area (Å²) in [5, 5.41) is 9.95. The molecule has 2 aliphatic heterocycles. The van der Waals surface area contributed by atoms with E-state index in [9.17, 15) is 5.11 Å². The standard InChI is InChI=1S/C17H29N5O3S/c1-4-6-24-7-5-21(3)15-18-12(2)19-16(20-15)22-13(8-23)17(11-26)10-25-9-14(17)22/h13-14,23,26H,4-11H2,1-3H3. The van der Waals surface area contributed by atoms with E-state index in [0.29, 0.717) is 49.8 Å². The van der Waals surface area contributed by atoms with Crippen LogP contribution in [0.15, 0.2) is 0 Å². The molecule has 146 valence electrons. The summed E-state index contributed by atoms with van der Waals surface area (Å²) in [6.45, 7) is 7.31. The Morgan fingerprint density at radius 3 is 2.88 bits per heavy atom. The van der Waals surface area contributed by atoms with Gasteiger partial charge in [0.25, 0.3) is 0 Å². The largest absolute Gasteiger partial charge is 0.394 e. The number of ether oxygens (including phenoxy) is 2. The maximum absolute atomic E-state index is 9.95. The highest BCUT2D eigenvalue weighted by atomic mass is 32.1. The van der Waals surface area contributed by atoms with Gasteiger partial charge in [-0.3, -0.25) is 0 Å². The molecule has 3 rings (SSSR count). The van der Waals surface area contributed by atoms with E-state index >= 15 is 0 Å². The number of aliphatic hydroxyl groups excluding tert-OH is 1. The van der Waals surface area contributed by atoms with Crippen molar-refractivity contribution in [1.82, 2.24) is 15.0 Å². The normalized spacial score (nSPS) is 27.3. The average molecular weight is 384 g/mol. The molecule has 0 bridgehead atoms. The van der Waals surface area contributed by atoms with Crippen LogP contribution in [0, 0.1) is 12.3 Å². The van der Waals surface area contributed by atoms with Crippen molar-refractivity contribution >= 4 is 24.5 Å². The second-order valence-electron chi connectivity index (χ2n) is 7.04. The number of aryl methyl sites for hydroxylation is 1. The van der Waals surface area contributed by atoms with E-state index < -0.39 is 0 Å². The molecule has 3 heterocycles. The zero-order chi connectivity index (χ0) is 18.7. The molecule has 8 nitrogen and oxygen atoms in total. The molecule has 3 unspecified atom stereocenters. The number of hydrogen-bond acceptors (Lipinski definition) is 9. The number of rotatable bonds is 9. The number of nitrogens with zero attached hydrogens (tertiary/aromatic N) is 5. The summed E-state index contributed by atoms with van der Waals surface area (Å²) >= 11 is 4.51. The van der Waals surface area contributed by atoms with Crippen molar-refractivity contribution in [2.75, 3.05) is 62.2 Å². The highest BCUT2D eigenvalue weighted by Gasteiger charge is 2.63. The van der Waals surface area contributed by atoms with Gasteiger partial charge in [0.15, 0.2) is 0 Å². The third kappa shape index (κ3) is 3.37. The first-order chi connectivity index (χ1) is 12.6. The van der Waals surface area contributed by atoms with E-state index in [0.717, 1.165) is 13.0 Å². The monoisotopic (exact) mass is 383 g/mol. The zero-order valence-corrected chi connectivity index (χ0v) is 16.7. The molecule has 0 aromatic carbocycles. The maximum Gasteiger partial charge on any atom is 0.231 e. The Bertz CT molecular complexity index is 622. The highest BCUT2D eigenvalue weighted by Crippen LogP contribution is 2.50. The minimum Gasteiger partial charge on any atom is -0.394 e. The number of hydrogen-bond donors (Lipinski definition) is 2. The Hall–Kier alpha value is -1.16. The van der Waals surface area contributed by atoms with Crippen LogP contribution in [0.2, 0.25) is 0 Å². The van der Waals surface area contributed by atoms with Gasteiger partial charge >= 0.3 is 0 Å². The van der Waals surface area contributed by atoms with Gasteiger partial charge in [-0.1, -0.05) is 6.92 Å². The Balaban J connectivity index is 1.77. The lowest BCUT2D eigenvalue weighted by atomic mass is 9.68. The molecule has 26 heavy (non-hydrogen) atoms. The molecule has 0 radical (unpaired) electrons. The third-order valence-corrected chi connectivity index (χ3v) is 5.92. The molecule has 9 heteroatoms. The number of anilines is 2. The second kappa shape index (κ2) is 8.24. The summed E-state index contributed by atoms with van der Waals surface area (Å²) < 4.78 is 11.2. The molecule has 2 aliphatic rings. The molecule has 0 amide bonds. The summed E-state index contributed by atoms with van der Waals surface area (Å²) in [5.74, 6) is 2.54. The van der Waals surface area contributed by atoms with Gasteiger partial charge in [-0.25, -0.2) is 0 Å². The Morgan fingerprint density at radius 2 is 2.19 bits per heavy atom. The molecule has 0 spiro atoms. The van der Waals surface area contributed by atoms with Crippen molar-refractivity contribution in [2.45, 2.75) is 32.4 Å². The van der Waals surface area contributed by atoms with E-state index in [1.54, 1.807) is 0 Å². The predicted molar refractivity (Wildman–Crippen MR) is 103 cm³/mol. The molecular weight excluding hydrogens is 354 g/mol. The molecule has 0 saturated carbocycles. The lowest BCUT2D eigenvalue weighted by molar-refractivity contribution is 0.0636. The fourth-order valence-electron chi connectivity index (χ4n) is 3.80. The van der Waals surface area contributed by atoms with Crippen LogP contribution in [0.25, 0.3) is 0 Å². The highest BCUT2D eigenvalue weighted by molar-refractivity contribution is 7.80. The Kier molecular flexibility index (Phi) is 6.21. The molecule has 2 saturated heterocycles. The SMILES string of the molecule is CCCOCCN(C)c1nc(C)nc(N2C(CO)C3(CS)COCC23)n1. The second-order valence-corrected chi connectivity index (χ2v) is 7.36. The Labute approximate surface area is 160 Å². The average Bonchev–Trinajstić information content (AvgIpc) is 2.97. The number of aliphatic hydroxyl groups is 1. The molecule has 1 aromatic rings. The van der Waals surface area contributed by atoms with Crippen LogP contribution in [-0.4, -0.2) is 84.5 Å². The van der Waals surface area contributed by atoms with Gasteiger partial charge in [0, 0.05) is 31.4 Å². The van der Waals surface area contributed by atoms with Crippen LogP contribution in [0.1, 0.15) is 19.2 Å². The van der Waals surface area contributed by atoms with E-state index in [4.69, 9.17) is 9.47 Å². The molecular formula is C17H29N5O3S. The Morgan fingerprint density at radius 1 is 1.38 bits per heavy atom. The summed E-state index contributed by atoms with van der Waals surface area (Å²) in [5.41, 5.74) is -0.127. The maximum atomic E-state index is 9.95. The summed E-state index contributed by atoms with van der Waals surface area (Å²) in [4.78, 5) is 17.7. The lowest BCUT2D eigenvalue weighted by Gasteiger charge is -2.58. The summed E-state index contributed by atoms with van der Waals surface area (Å²) in [6, 6.07) is 0.0605. The smallest absolute Gasteiger partial charge is 0.231 e.